The van der Waals surface area contributed by atoms with Gasteiger partial charge < -0.3 is 21.1 Å². The van der Waals surface area contributed by atoms with Crippen molar-refractivity contribution in [2.24, 2.45) is 5.73 Å². The Morgan fingerprint density at radius 2 is 1.95 bits per heavy atom. The van der Waals surface area contributed by atoms with E-state index >= 15 is 0 Å². The summed E-state index contributed by atoms with van der Waals surface area (Å²) in [6, 6.07) is 7.58. The minimum absolute atomic E-state index is 0.335. The second kappa shape index (κ2) is 7.38. The van der Waals surface area contributed by atoms with Crippen molar-refractivity contribution in [3.05, 3.63) is 29.8 Å². The Labute approximate surface area is 112 Å². The molecule has 0 spiro atoms. The molecule has 0 aromatic heterocycles. The Kier molecular flexibility index (Phi) is 5.81. The first kappa shape index (κ1) is 15.0. The van der Waals surface area contributed by atoms with Gasteiger partial charge in [-0.1, -0.05) is 12.1 Å². The summed E-state index contributed by atoms with van der Waals surface area (Å²) >= 11 is 0. The maximum atomic E-state index is 11.5. The third kappa shape index (κ3) is 5.39. The zero-order valence-corrected chi connectivity index (χ0v) is 11.1. The normalized spacial score (nSPS) is 11.5. The van der Waals surface area contributed by atoms with Crippen LogP contribution in [-0.4, -0.2) is 31.6 Å². The molecule has 4 N–H and O–H groups in total. The largest absolute Gasteiger partial charge is 0.497 e. The standard InChI is InChI=1S/C13H19N3O3/c1-9(17)16-12(14)13(18)15-8-7-10-3-5-11(19-2)6-4-10/h3-6,12H,7-8,14H2,1-2H3,(H,15,18)(H,16,17). The van der Waals surface area contributed by atoms with Gasteiger partial charge in [0.25, 0.3) is 5.91 Å². The molecule has 1 unspecified atom stereocenters. The number of rotatable bonds is 6. The van der Waals surface area contributed by atoms with Gasteiger partial charge in [-0.3, -0.25) is 9.59 Å². The number of hydrogen-bond donors (Lipinski definition) is 3. The van der Waals surface area contributed by atoms with Crippen LogP contribution in [0.5, 0.6) is 5.75 Å². The van der Waals surface area contributed by atoms with E-state index < -0.39 is 12.1 Å². The highest BCUT2D eigenvalue weighted by Gasteiger charge is 2.12. The molecule has 0 fully saturated rings. The minimum Gasteiger partial charge on any atom is -0.497 e. The van der Waals surface area contributed by atoms with Gasteiger partial charge in [-0.05, 0) is 24.1 Å². The van der Waals surface area contributed by atoms with Gasteiger partial charge in [0.15, 0.2) is 6.17 Å². The molecule has 2 amide bonds. The van der Waals surface area contributed by atoms with Crippen LogP contribution in [0.2, 0.25) is 0 Å². The molecule has 0 aliphatic rings. The predicted octanol–water partition coefficient (Wildman–Crippen LogP) is -0.225. The molecular weight excluding hydrogens is 246 g/mol. The van der Waals surface area contributed by atoms with Gasteiger partial charge in [0.05, 0.1) is 7.11 Å². The van der Waals surface area contributed by atoms with Crippen LogP contribution in [0.25, 0.3) is 0 Å². The highest BCUT2D eigenvalue weighted by molar-refractivity contribution is 5.86. The molecule has 19 heavy (non-hydrogen) atoms. The number of carbonyl (C=O) groups is 2. The van der Waals surface area contributed by atoms with Crippen molar-refractivity contribution >= 4 is 11.8 Å². The van der Waals surface area contributed by atoms with Crippen LogP contribution in [0.3, 0.4) is 0 Å². The molecule has 0 saturated heterocycles. The van der Waals surface area contributed by atoms with Gasteiger partial charge in [0.2, 0.25) is 5.91 Å². The van der Waals surface area contributed by atoms with Crippen molar-refractivity contribution in [2.75, 3.05) is 13.7 Å². The van der Waals surface area contributed by atoms with Crippen molar-refractivity contribution in [2.45, 2.75) is 19.5 Å². The predicted molar refractivity (Wildman–Crippen MR) is 71.5 cm³/mol. The van der Waals surface area contributed by atoms with Gasteiger partial charge in [-0.25, -0.2) is 0 Å². The third-order valence-corrected chi connectivity index (χ3v) is 2.51. The number of carbonyl (C=O) groups excluding carboxylic acids is 2. The third-order valence-electron chi connectivity index (χ3n) is 2.51. The average Bonchev–Trinajstić information content (AvgIpc) is 2.38. The summed E-state index contributed by atoms with van der Waals surface area (Å²) in [7, 11) is 1.61. The molecule has 0 aliphatic carbocycles. The average molecular weight is 265 g/mol. The fourth-order valence-electron chi connectivity index (χ4n) is 1.52. The SMILES string of the molecule is COc1ccc(CCNC(=O)C(N)NC(C)=O)cc1. The van der Waals surface area contributed by atoms with Crippen LogP contribution in [0.15, 0.2) is 24.3 Å². The van der Waals surface area contributed by atoms with Crippen LogP contribution in [0, 0.1) is 0 Å². The van der Waals surface area contributed by atoms with Crippen LogP contribution in [-0.2, 0) is 16.0 Å². The molecule has 6 nitrogen and oxygen atoms in total. The lowest BCUT2D eigenvalue weighted by Gasteiger charge is -2.12. The first-order valence-corrected chi connectivity index (χ1v) is 5.96. The zero-order valence-electron chi connectivity index (χ0n) is 11.1. The molecule has 0 radical (unpaired) electrons. The molecule has 0 bridgehead atoms. The number of ether oxygens (including phenoxy) is 1. The quantitative estimate of drug-likeness (QED) is 0.620. The van der Waals surface area contributed by atoms with Gasteiger partial charge in [-0.15, -0.1) is 0 Å². The molecule has 1 aromatic carbocycles. The highest BCUT2D eigenvalue weighted by Crippen LogP contribution is 2.11. The Morgan fingerprint density at radius 1 is 1.32 bits per heavy atom. The van der Waals surface area contributed by atoms with Gasteiger partial charge >= 0.3 is 0 Å². The lowest BCUT2D eigenvalue weighted by molar-refractivity contribution is -0.127. The lowest BCUT2D eigenvalue weighted by Crippen LogP contribution is -2.52. The molecular formula is C13H19N3O3. The van der Waals surface area contributed by atoms with E-state index in [0.717, 1.165) is 11.3 Å². The van der Waals surface area contributed by atoms with Crippen molar-refractivity contribution in [3.8, 4) is 5.75 Å². The molecule has 0 aliphatic heterocycles. The fourth-order valence-corrected chi connectivity index (χ4v) is 1.52. The van der Waals surface area contributed by atoms with E-state index in [-0.39, 0.29) is 5.91 Å². The van der Waals surface area contributed by atoms with Crippen LogP contribution >= 0.6 is 0 Å². The Balaban J connectivity index is 2.32. The summed E-state index contributed by atoms with van der Waals surface area (Å²) in [6.07, 6.45) is -0.323. The minimum atomic E-state index is -1.01. The number of nitrogens with one attached hydrogen (secondary N) is 2. The van der Waals surface area contributed by atoms with Gasteiger partial charge in [0.1, 0.15) is 5.75 Å². The highest BCUT2D eigenvalue weighted by atomic mass is 16.5. The topological polar surface area (TPSA) is 93.4 Å². The second-order valence-corrected chi connectivity index (χ2v) is 4.07. The van der Waals surface area contributed by atoms with Crippen LogP contribution < -0.4 is 21.1 Å². The second-order valence-electron chi connectivity index (χ2n) is 4.07. The number of methoxy groups -OCH3 is 1. The maximum Gasteiger partial charge on any atom is 0.257 e. The first-order valence-electron chi connectivity index (χ1n) is 5.96. The summed E-state index contributed by atoms with van der Waals surface area (Å²) in [6.45, 7) is 1.77. The van der Waals surface area contributed by atoms with Crippen LogP contribution in [0.4, 0.5) is 0 Å². The van der Waals surface area contributed by atoms with Gasteiger partial charge in [-0.2, -0.15) is 0 Å². The molecule has 104 valence electrons. The fraction of sp³-hybridized carbons (Fsp3) is 0.385. The van der Waals surface area contributed by atoms with Crippen molar-refractivity contribution in [3.63, 3.8) is 0 Å². The van der Waals surface area contributed by atoms with Gasteiger partial charge in [0, 0.05) is 13.5 Å². The molecule has 0 saturated carbocycles. The summed E-state index contributed by atoms with van der Waals surface area (Å²) in [5, 5.41) is 4.97. The first-order chi connectivity index (χ1) is 9.02. The number of hydrogen-bond acceptors (Lipinski definition) is 4. The summed E-state index contributed by atoms with van der Waals surface area (Å²) in [5.41, 5.74) is 6.55. The smallest absolute Gasteiger partial charge is 0.257 e. The summed E-state index contributed by atoms with van der Waals surface area (Å²) in [5.74, 6) is 0.0574. The van der Waals surface area contributed by atoms with Crippen molar-refractivity contribution in [1.29, 1.82) is 0 Å². The zero-order chi connectivity index (χ0) is 14.3. The Hall–Kier alpha value is -2.08. The Morgan fingerprint density at radius 3 is 2.47 bits per heavy atom. The van der Waals surface area contributed by atoms with Crippen molar-refractivity contribution < 1.29 is 14.3 Å². The monoisotopic (exact) mass is 265 g/mol. The lowest BCUT2D eigenvalue weighted by atomic mass is 10.1. The molecule has 1 rings (SSSR count). The molecule has 6 heteroatoms. The van der Waals surface area contributed by atoms with Crippen molar-refractivity contribution in [1.82, 2.24) is 10.6 Å². The van der Waals surface area contributed by atoms with E-state index in [1.165, 1.54) is 6.92 Å². The van der Waals surface area contributed by atoms with E-state index in [1.807, 2.05) is 24.3 Å². The molecule has 1 atom stereocenters. The van der Waals surface area contributed by atoms with E-state index in [0.29, 0.717) is 13.0 Å². The Bertz CT molecular complexity index is 431. The van der Waals surface area contributed by atoms with Crippen LogP contribution in [0.1, 0.15) is 12.5 Å². The molecule has 0 heterocycles. The number of nitrogens with two attached hydrogens (primary N) is 1. The van der Waals surface area contributed by atoms with E-state index in [2.05, 4.69) is 10.6 Å². The maximum absolute atomic E-state index is 11.5. The number of benzene rings is 1. The van der Waals surface area contributed by atoms with E-state index in [9.17, 15) is 9.59 Å². The summed E-state index contributed by atoms with van der Waals surface area (Å²) in [4.78, 5) is 22.2. The molecule has 1 aromatic rings. The summed E-state index contributed by atoms with van der Waals surface area (Å²) < 4.78 is 5.05. The number of amides is 2. The van der Waals surface area contributed by atoms with E-state index in [4.69, 9.17) is 10.5 Å². The van der Waals surface area contributed by atoms with E-state index in [1.54, 1.807) is 7.11 Å².